The summed E-state index contributed by atoms with van der Waals surface area (Å²) in [6.45, 7) is 4.75. The van der Waals surface area contributed by atoms with Crippen LogP contribution in [0, 0.1) is 0 Å². The van der Waals surface area contributed by atoms with Crippen LogP contribution in [0.3, 0.4) is 0 Å². The Bertz CT molecular complexity index is 657. The van der Waals surface area contributed by atoms with E-state index in [1.54, 1.807) is 12.3 Å². The van der Waals surface area contributed by atoms with Crippen LogP contribution in [0.2, 0.25) is 0 Å². The first kappa shape index (κ1) is 15.4. The summed E-state index contributed by atoms with van der Waals surface area (Å²) in [4.78, 5) is 12.1. The molecule has 1 saturated heterocycles. The summed E-state index contributed by atoms with van der Waals surface area (Å²) in [6.07, 6.45) is 7.38. The Balaban J connectivity index is 1.63. The van der Waals surface area contributed by atoms with Crippen molar-refractivity contribution < 1.29 is 9.53 Å². The van der Waals surface area contributed by atoms with Gasteiger partial charge in [0.25, 0.3) is 0 Å². The van der Waals surface area contributed by atoms with Crippen LogP contribution < -0.4 is 10.6 Å². The van der Waals surface area contributed by atoms with Crippen LogP contribution in [0.1, 0.15) is 38.0 Å². The summed E-state index contributed by atoms with van der Waals surface area (Å²) < 4.78 is 7.66. The zero-order valence-electron chi connectivity index (χ0n) is 13.1. The fourth-order valence-electron chi connectivity index (χ4n) is 2.55. The number of carbonyl (C=O) groups excluding carboxylic acids is 1. The van der Waals surface area contributed by atoms with Gasteiger partial charge in [0.2, 0.25) is 0 Å². The summed E-state index contributed by atoms with van der Waals surface area (Å²) in [5.41, 5.74) is 1.58. The van der Waals surface area contributed by atoms with E-state index in [0.29, 0.717) is 18.3 Å². The maximum atomic E-state index is 12.1. The Morgan fingerprint density at radius 2 is 2.26 bits per heavy atom. The van der Waals surface area contributed by atoms with Gasteiger partial charge in [0, 0.05) is 24.4 Å². The van der Waals surface area contributed by atoms with Gasteiger partial charge in [0.1, 0.15) is 6.10 Å². The van der Waals surface area contributed by atoms with Gasteiger partial charge >= 0.3 is 6.03 Å². The lowest BCUT2D eigenvalue weighted by molar-refractivity contribution is 0.100. The second-order valence-electron chi connectivity index (χ2n) is 5.76. The van der Waals surface area contributed by atoms with Gasteiger partial charge in [0.05, 0.1) is 30.3 Å². The van der Waals surface area contributed by atoms with E-state index < -0.39 is 0 Å². The second-order valence-corrected chi connectivity index (χ2v) is 5.76. The Labute approximate surface area is 134 Å². The summed E-state index contributed by atoms with van der Waals surface area (Å²) in [7, 11) is 0. The average Bonchev–Trinajstić information content (AvgIpc) is 3.16. The van der Waals surface area contributed by atoms with Gasteiger partial charge in [-0.2, -0.15) is 15.3 Å². The Morgan fingerprint density at radius 3 is 2.96 bits per heavy atom. The summed E-state index contributed by atoms with van der Waals surface area (Å²) in [5.74, 6) is 0. The first-order valence-corrected chi connectivity index (χ1v) is 7.63. The van der Waals surface area contributed by atoms with Crippen LogP contribution >= 0.6 is 0 Å². The third kappa shape index (κ3) is 3.65. The molecule has 8 heteroatoms. The molecule has 2 amide bonds. The van der Waals surface area contributed by atoms with E-state index >= 15 is 0 Å². The van der Waals surface area contributed by atoms with Gasteiger partial charge in [-0.15, -0.1) is 0 Å². The van der Waals surface area contributed by atoms with Gasteiger partial charge in [-0.25, -0.2) is 4.79 Å². The van der Waals surface area contributed by atoms with Crippen molar-refractivity contribution in [2.75, 3.05) is 11.9 Å². The molecule has 0 aromatic carbocycles. The second kappa shape index (κ2) is 6.74. The molecule has 0 saturated carbocycles. The molecule has 8 nitrogen and oxygen atoms in total. The molecular formula is C15H20N6O2. The van der Waals surface area contributed by atoms with E-state index in [4.69, 9.17) is 4.74 Å². The molecule has 0 spiro atoms. The molecule has 1 aliphatic heterocycles. The highest BCUT2D eigenvalue weighted by molar-refractivity contribution is 5.89. The highest BCUT2D eigenvalue weighted by Crippen LogP contribution is 2.29. The smallest absolute Gasteiger partial charge is 0.319 e. The SMILES string of the molecule is CC(C)n1cc([C@@H]2OCC[C@H]2NC(=O)Nc2ccnnc2)cn1. The van der Waals surface area contributed by atoms with Crippen molar-refractivity contribution in [3.05, 3.63) is 36.4 Å². The van der Waals surface area contributed by atoms with Crippen molar-refractivity contribution in [2.24, 2.45) is 0 Å². The van der Waals surface area contributed by atoms with Crippen LogP contribution in [0.15, 0.2) is 30.9 Å². The lowest BCUT2D eigenvalue weighted by Gasteiger charge is -2.19. The Morgan fingerprint density at radius 1 is 1.39 bits per heavy atom. The summed E-state index contributed by atoms with van der Waals surface area (Å²) in [6, 6.07) is 1.60. The van der Waals surface area contributed by atoms with Crippen LogP contribution in [0.4, 0.5) is 10.5 Å². The van der Waals surface area contributed by atoms with E-state index in [-0.39, 0.29) is 18.2 Å². The molecule has 122 valence electrons. The van der Waals surface area contributed by atoms with Gasteiger partial charge < -0.3 is 15.4 Å². The molecule has 2 aromatic rings. The molecule has 1 aliphatic rings. The molecule has 0 unspecified atom stereocenters. The molecule has 3 rings (SSSR count). The van der Waals surface area contributed by atoms with Gasteiger partial charge in [-0.3, -0.25) is 4.68 Å². The van der Waals surface area contributed by atoms with Crippen LogP contribution in [-0.2, 0) is 4.74 Å². The maximum Gasteiger partial charge on any atom is 0.319 e. The van der Waals surface area contributed by atoms with Gasteiger partial charge in [-0.05, 0) is 26.3 Å². The predicted octanol–water partition coefficient (Wildman–Crippen LogP) is 1.91. The van der Waals surface area contributed by atoms with E-state index in [9.17, 15) is 4.79 Å². The number of carbonyl (C=O) groups is 1. The monoisotopic (exact) mass is 316 g/mol. The molecule has 0 aliphatic carbocycles. The number of nitrogens with zero attached hydrogens (tertiary/aromatic N) is 4. The largest absolute Gasteiger partial charge is 0.371 e. The topological polar surface area (TPSA) is 94.0 Å². The molecule has 3 heterocycles. The molecule has 2 N–H and O–H groups in total. The van der Waals surface area contributed by atoms with E-state index in [1.807, 2.05) is 10.9 Å². The molecule has 1 fully saturated rings. The maximum absolute atomic E-state index is 12.1. The molecule has 2 aromatic heterocycles. The number of nitrogens with one attached hydrogen (secondary N) is 2. The minimum absolute atomic E-state index is 0.0883. The zero-order valence-corrected chi connectivity index (χ0v) is 13.1. The fourth-order valence-corrected chi connectivity index (χ4v) is 2.55. The first-order chi connectivity index (χ1) is 11.1. The average molecular weight is 316 g/mol. The number of hydrogen-bond acceptors (Lipinski definition) is 5. The summed E-state index contributed by atoms with van der Waals surface area (Å²) in [5, 5.41) is 17.4. The number of rotatable bonds is 4. The standard InChI is InChI=1S/C15H20N6O2/c1-10(2)21-9-11(7-18-21)14-13(4-6-23-14)20-15(22)19-12-3-5-16-17-8-12/h3,5,7-10,13-14H,4,6H2,1-2H3,(H2,16,19,20,22)/t13-,14+/m1/s1. The van der Waals surface area contributed by atoms with E-state index in [2.05, 4.69) is 39.8 Å². The normalized spacial score (nSPS) is 20.7. The van der Waals surface area contributed by atoms with Crippen LogP contribution in [0.5, 0.6) is 0 Å². The van der Waals surface area contributed by atoms with Gasteiger partial charge in [0.15, 0.2) is 0 Å². The van der Waals surface area contributed by atoms with Crippen molar-refractivity contribution in [1.82, 2.24) is 25.3 Å². The van der Waals surface area contributed by atoms with E-state index in [0.717, 1.165) is 12.0 Å². The first-order valence-electron chi connectivity index (χ1n) is 7.63. The highest BCUT2D eigenvalue weighted by atomic mass is 16.5. The lowest BCUT2D eigenvalue weighted by atomic mass is 10.1. The molecular weight excluding hydrogens is 296 g/mol. The minimum atomic E-state index is -0.283. The van der Waals surface area contributed by atoms with E-state index in [1.165, 1.54) is 12.4 Å². The number of amides is 2. The molecule has 0 radical (unpaired) electrons. The number of hydrogen-bond donors (Lipinski definition) is 2. The Kier molecular flexibility index (Phi) is 4.52. The van der Waals surface area contributed by atoms with Crippen molar-refractivity contribution in [1.29, 1.82) is 0 Å². The molecule has 0 bridgehead atoms. The van der Waals surface area contributed by atoms with Crippen LogP contribution in [-0.4, -0.2) is 38.7 Å². The highest BCUT2D eigenvalue weighted by Gasteiger charge is 2.32. The molecule has 23 heavy (non-hydrogen) atoms. The predicted molar refractivity (Wildman–Crippen MR) is 83.9 cm³/mol. The number of urea groups is 1. The van der Waals surface area contributed by atoms with Gasteiger partial charge in [-0.1, -0.05) is 0 Å². The minimum Gasteiger partial charge on any atom is -0.371 e. The van der Waals surface area contributed by atoms with Crippen molar-refractivity contribution in [2.45, 2.75) is 38.5 Å². The van der Waals surface area contributed by atoms with Crippen molar-refractivity contribution in [3.8, 4) is 0 Å². The zero-order chi connectivity index (χ0) is 16.2. The number of ether oxygens (including phenoxy) is 1. The quantitative estimate of drug-likeness (QED) is 0.898. The number of anilines is 1. The fraction of sp³-hybridized carbons (Fsp3) is 0.467. The molecule has 2 atom stereocenters. The third-order valence-electron chi connectivity index (χ3n) is 3.73. The summed E-state index contributed by atoms with van der Waals surface area (Å²) >= 11 is 0. The van der Waals surface area contributed by atoms with Crippen LogP contribution in [0.25, 0.3) is 0 Å². The lowest BCUT2D eigenvalue weighted by Crippen LogP contribution is -2.39. The van der Waals surface area contributed by atoms with Crippen molar-refractivity contribution >= 4 is 11.7 Å². The van der Waals surface area contributed by atoms with Crippen molar-refractivity contribution in [3.63, 3.8) is 0 Å². The number of aromatic nitrogens is 4. The third-order valence-corrected chi connectivity index (χ3v) is 3.73. The Hall–Kier alpha value is -2.48.